The van der Waals surface area contributed by atoms with Crippen LogP contribution in [0.2, 0.25) is 0 Å². The molecule has 1 saturated heterocycles. The number of nitrogens with one attached hydrogen (secondary N) is 2. The highest BCUT2D eigenvalue weighted by atomic mass is 16.4. The molecule has 1 aliphatic heterocycles. The van der Waals surface area contributed by atoms with Gasteiger partial charge in [0.15, 0.2) is 0 Å². The molecule has 3 atom stereocenters. The number of rotatable bonds is 4. The van der Waals surface area contributed by atoms with Gasteiger partial charge in [-0.15, -0.1) is 0 Å². The molecular weight excluding hydrogens is 200 g/mol. The molecule has 1 fully saturated rings. The van der Waals surface area contributed by atoms with Crippen molar-refractivity contribution in [3.05, 3.63) is 0 Å². The average Bonchev–Trinajstić information content (AvgIpc) is 2.60. The number of carboxylic acids is 1. The Bertz CT molecular complexity index is 256. The van der Waals surface area contributed by atoms with E-state index in [0.717, 1.165) is 13.0 Å². The number of aliphatic hydroxyl groups excluding tert-OH is 1. The molecule has 0 bridgehead atoms. The Morgan fingerprint density at radius 3 is 2.67 bits per heavy atom. The van der Waals surface area contributed by atoms with Crippen LogP contribution in [-0.2, 0) is 9.59 Å². The molecule has 0 aromatic heterocycles. The number of carbonyl (C=O) groups excluding carboxylic acids is 1. The van der Waals surface area contributed by atoms with Crippen LogP contribution in [0, 0.1) is 5.92 Å². The third-order valence-electron chi connectivity index (χ3n) is 2.61. The van der Waals surface area contributed by atoms with Gasteiger partial charge in [0, 0.05) is 0 Å². The molecule has 15 heavy (non-hydrogen) atoms. The molecular formula is C9H16N2O4. The lowest BCUT2D eigenvalue weighted by Crippen LogP contribution is -2.51. The number of aliphatic carboxylic acids is 1. The van der Waals surface area contributed by atoms with Crippen molar-refractivity contribution >= 4 is 11.9 Å². The van der Waals surface area contributed by atoms with Crippen LogP contribution in [0.15, 0.2) is 0 Å². The first-order valence-electron chi connectivity index (χ1n) is 4.93. The zero-order chi connectivity index (χ0) is 11.4. The molecule has 0 aromatic carbocycles. The quantitative estimate of drug-likeness (QED) is 0.460. The van der Waals surface area contributed by atoms with Crippen LogP contribution < -0.4 is 10.6 Å². The van der Waals surface area contributed by atoms with E-state index in [4.69, 9.17) is 10.2 Å². The molecule has 0 saturated carbocycles. The van der Waals surface area contributed by atoms with Crippen molar-refractivity contribution in [2.24, 2.45) is 5.92 Å². The first-order valence-corrected chi connectivity index (χ1v) is 4.93. The van der Waals surface area contributed by atoms with Crippen LogP contribution in [0.3, 0.4) is 0 Å². The Balaban J connectivity index is 2.50. The van der Waals surface area contributed by atoms with E-state index in [2.05, 4.69) is 10.6 Å². The molecule has 0 spiro atoms. The molecule has 1 aliphatic rings. The third kappa shape index (κ3) is 2.90. The molecule has 0 radical (unpaired) electrons. The lowest BCUT2D eigenvalue weighted by atomic mass is 10.0. The molecule has 1 rings (SSSR count). The topological polar surface area (TPSA) is 98.7 Å². The number of amides is 1. The van der Waals surface area contributed by atoms with Crippen LogP contribution in [0.1, 0.15) is 13.3 Å². The second-order valence-corrected chi connectivity index (χ2v) is 3.78. The van der Waals surface area contributed by atoms with E-state index >= 15 is 0 Å². The van der Waals surface area contributed by atoms with E-state index in [9.17, 15) is 9.59 Å². The largest absolute Gasteiger partial charge is 0.480 e. The van der Waals surface area contributed by atoms with Crippen molar-refractivity contribution in [1.82, 2.24) is 10.6 Å². The summed E-state index contributed by atoms with van der Waals surface area (Å²) in [4.78, 5) is 22.1. The minimum Gasteiger partial charge on any atom is -0.480 e. The summed E-state index contributed by atoms with van der Waals surface area (Å²) in [5.74, 6) is -1.39. The Kier molecular flexibility index (Phi) is 4.05. The maximum atomic E-state index is 11.6. The fourth-order valence-electron chi connectivity index (χ4n) is 1.63. The van der Waals surface area contributed by atoms with E-state index in [1.165, 1.54) is 0 Å². The first kappa shape index (κ1) is 11.9. The third-order valence-corrected chi connectivity index (χ3v) is 2.61. The van der Waals surface area contributed by atoms with Crippen molar-refractivity contribution in [3.8, 4) is 0 Å². The second kappa shape index (κ2) is 5.09. The Labute approximate surface area is 87.7 Å². The van der Waals surface area contributed by atoms with Crippen LogP contribution in [0.25, 0.3) is 0 Å². The first-order chi connectivity index (χ1) is 7.06. The smallest absolute Gasteiger partial charge is 0.328 e. The molecule has 2 unspecified atom stereocenters. The average molecular weight is 216 g/mol. The monoisotopic (exact) mass is 216 g/mol. The van der Waals surface area contributed by atoms with Crippen molar-refractivity contribution in [2.45, 2.75) is 25.4 Å². The predicted octanol–water partition coefficient (Wildman–Crippen LogP) is -1.45. The second-order valence-electron chi connectivity index (χ2n) is 3.78. The zero-order valence-electron chi connectivity index (χ0n) is 8.56. The predicted molar refractivity (Wildman–Crippen MR) is 52.2 cm³/mol. The number of carboxylic acid groups (broad SMARTS) is 1. The summed E-state index contributed by atoms with van der Waals surface area (Å²) in [6.45, 7) is 2.09. The van der Waals surface area contributed by atoms with Gasteiger partial charge in [0.05, 0.1) is 12.6 Å². The van der Waals surface area contributed by atoms with E-state index in [-0.39, 0.29) is 17.9 Å². The number of aliphatic hydroxyl groups is 1. The van der Waals surface area contributed by atoms with Crippen molar-refractivity contribution in [2.75, 3.05) is 13.2 Å². The van der Waals surface area contributed by atoms with E-state index in [1.54, 1.807) is 0 Å². The van der Waals surface area contributed by atoms with E-state index < -0.39 is 18.6 Å². The minimum atomic E-state index is -1.23. The van der Waals surface area contributed by atoms with Gasteiger partial charge in [-0.1, -0.05) is 6.92 Å². The fraction of sp³-hybridized carbons (Fsp3) is 0.778. The van der Waals surface area contributed by atoms with Crippen molar-refractivity contribution in [1.29, 1.82) is 0 Å². The highest BCUT2D eigenvalue weighted by Crippen LogP contribution is 2.14. The Hall–Kier alpha value is -1.14. The van der Waals surface area contributed by atoms with Crippen LogP contribution in [0.5, 0.6) is 0 Å². The SMILES string of the molecule is CC1CCNC1C(=O)N[C@H](CO)C(=O)O. The molecule has 4 N–H and O–H groups in total. The van der Waals surface area contributed by atoms with Gasteiger partial charge in [0.1, 0.15) is 6.04 Å². The number of carbonyl (C=O) groups is 2. The summed E-state index contributed by atoms with van der Waals surface area (Å²) in [6.07, 6.45) is 0.898. The van der Waals surface area contributed by atoms with E-state index in [1.807, 2.05) is 6.92 Å². The van der Waals surface area contributed by atoms with Gasteiger partial charge in [0.2, 0.25) is 5.91 Å². The molecule has 0 aromatic rings. The molecule has 1 amide bonds. The minimum absolute atomic E-state index is 0.193. The van der Waals surface area contributed by atoms with E-state index in [0.29, 0.717) is 0 Å². The summed E-state index contributed by atoms with van der Waals surface area (Å²) >= 11 is 0. The summed E-state index contributed by atoms with van der Waals surface area (Å²) in [5, 5.41) is 22.6. The lowest BCUT2D eigenvalue weighted by molar-refractivity contribution is -0.143. The van der Waals surface area contributed by atoms with Crippen LogP contribution >= 0.6 is 0 Å². The Morgan fingerprint density at radius 2 is 2.27 bits per heavy atom. The zero-order valence-corrected chi connectivity index (χ0v) is 8.56. The normalized spacial score (nSPS) is 27.3. The maximum Gasteiger partial charge on any atom is 0.328 e. The molecule has 1 heterocycles. The maximum absolute atomic E-state index is 11.6. The van der Waals surface area contributed by atoms with Gasteiger partial charge in [-0.3, -0.25) is 4.79 Å². The molecule has 86 valence electrons. The molecule has 6 heteroatoms. The highest BCUT2D eigenvalue weighted by molar-refractivity contribution is 5.87. The van der Waals surface area contributed by atoms with Gasteiger partial charge in [0.25, 0.3) is 0 Å². The van der Waals surface area contributed by atoms with Gasteiger partial charge in [-0.25, -0.2) is 4.79 Å². The fourth-order valence-corrected chi connectivity index (χ4v) is 1.63. The summed E-state index contributed by atoms with van der Waals surface area (Å²) in [5.41, 5.74) is 0. The van der Waals surface area contributed by atoms with Gasteiger partial charge >= 0.3 is 5.97 Å². The van der Waals surface area contributed by atoms with Crippen molar-refractivity contribution in [3.63, 3.8) is 0 Å². The standard InChI is InChI=1S/C9H16N2O4/c1-5-2-3-10-7(5)8(13)11-6(4-12)9(14)15/h5-7,10,12H,2-4H2,1H3,(H,11,13)(H,14,15)/t5?,6-,7?/m1/s1. The summed E-state index contributed by atoms with van der Waals surface area (Å²) in [6, 6.07) is -1.56. The van der Waals surface area contributed by atoms with Crippen LogP contribution in [0.4, 0.5) is 0 Å². The van der Waals surface area contributed by atoms with Gasteiger partial charge in [-0.2, -0.15) is 0 Å². The number of hydrogen-bond acceptors (Lipinski definition) is 4. The summed E-state index contributed by atoms with van der Waals surface area (Å²) in [7, 11) is 0. The highest BCUT2D eigenvalue weighted by Gasteiger charge is 2.31. The molecule has 0 aliphatic carbocycles. The van der Waals surface area contributed by atoms with Gasteiger partial charge < -0.3 is 20.8 Å². The number of hydrogen-bond donors (Lipinski definition) is 4. The van der Waals surface area contributed by atoms with Crippen molar-refractivity contribution < 1.29 is 19.8 Å². The molecule has 6 nitrogen and oxygen atoms in total. The Morgan fingerprint density at radius 1 is 1.60 bits per heavy atom. The van der Waals surface area contributed by atoms with Crippen LogP contribution in [-0.4, -0.2) is 47.3 Å². The van der Waals surface area contributed by atoms with Gasteiger partial charge in [-0.05, 0) is 18.9 Å². The summed E-state index contributed by atoms with van der Waals surface area (Å²) < 4.78 is 0. The lowest BCUT2D eigenvalue weighted by Gasteiger charge is -2.18.